The van der Waals surface area contributed by atoms with Crippen LogP contribution >= 0.6 is 0 Å². The summed E-state index contributed by atoms with van der Waals surface area (Å²) in [5.41, 5.74) is 0.756. The van der Waals surface area contributed by atoms with E-state index in [1.54, 1.807) is 18.2 Å². The minimum absolute atomic E-state index is 0.126. The summed E-state index contributed by atoms with van der Waals surface area (Å²) in [6.45, 7) is 4.32. The van der Waals surface area contributed by atoms with Crippen LogP contribution in [0.1, 0.15) is 83.6 Å². The Labute approximate surface area is 175 Å². The topological polar surface area (TPSA) is 73.9 Å². The van der Waals surface area contributed by atoms with Crippen LogP contribution in [0.3, 0.4) is 0 Å². The number of esters is 1. The Hall–Kier alpha value is -2.24. The summed E-state index contributed by atoms with van der Waals surface area (Å²) in [6, 6.07) is 5.05. The molecular weight excluding hydrogens is 370 g/mol. The molecule has 1 aromatic carbocycles. The first-order chi connectivity index (χ1) is 14.1. The summed E-state index contributed by atoms with van der Waals surface area (Å²) in [5, 5.41) is 2.78. The second-order valence-electron chi connectivity index (χ2n) is 7.26. The van der Waals surface area contributed by atoms with E-state index in [1.807, 2.05) is 0 Å². The first-order valence-electron chi connectivity index (χ1n) is 10.8. The van der Waals surface area contributed by atoms with Crippen molar-refractivity contribution in [1.29, 1.82) is 0 Å². The highest BCUT2D eigenvalue weighted by molar-refractivity contribution is 5.70. The fraction of sp³-hybridized carbons (Fsp3) is 0.652. The van der Waals surface area contributed by atoms with Gasteiger partial charge in [-0.05, 0) is 24.1 Å². The van der Waals surface area contributed by atoms with Gasteiger partial charge in [0.15, 0.2) is 11.5 Å². The predicted molar refractivity (Wildman–Crippen MR) is 114 cm³/mol. The molecular formula is C23H37NO5. The molecule has 0 heterocycles. The van der Waals surface area contributed by atoms with Gasteiger partial charge in [-0.2, -0.15) is 0 Å². The molecule has 0 radical (unpaired) electrons. The van der Waals surface area contributed by atoms with Gasteiger partial charge in [0.25, 0.3) is 0 Å². The Bertz CT molecular complexity index is 603. The van der Waals surface area contributed by atoms with Crippen LogP contribution in [0.15, 0.2) is 18.2 Å². The lowest BCUT2D eigenvalue weighted by atomic mass is 10.1. The lowest BCUT2D eigenvalue weighted by Crippen LogP contribution is -2.25. The molecule has 0 aromatic heterocycles. The number of carbonyl (C=O) groups is 2. The average Bonchev–Trinajstić information content (AvgIpc) is 2.70. The van der Waals surface area contributed by atoms with Crippen LogP contribution in [0, 0.1) is 0 Å². The summed E-state index contributed by atoms with van der Waals surface area (Å²) >= 11 is 0. The third kappa shape index (κ3) is 12.0. The van der Waals surface area contributed by atoms with Gasteiger partial charge in [-0.25, -0.2) is 4.79 Å². The highest BCUT2D eigenvalue weighted by Gasteiger charge is 2.09. The summed E-state index contributed by atoms with van der Waals surface area (Å²) in [4.78, 5) is 22.9. The van der Waals surface area contributed by atoms with Crippen LogP contribution in [0.2, 0.25) is 0 Å². The van der Waals surface area contributed by atoms with Crippen LogP contribution in [-0.4, -0.2) is 25.7 Å². The number of benzene rings is 1. The number of unbranched alkanes of at least 4 members (excludes halogenated alkanes) is 9. The van der Waals surface area contributed by atoms with Gasteiger partial charge in [-0.3, -0.25) is 4.79 Å². The van der Waals surface area contributed by atoms with E-state index in [-0.39, 0.29) is 6.61 Å². The van der Waals surface area contributed by atoms with Crippen molar-refractivity contribution >= 4 is 12.1 Å². The number of nitrogens with one attached hydrogen (secondary N) is 1. The third-order valence-electron chi connectivity index (χ3n) is 4.65. The average molecular weight is 408 g/mol. The standard InChI is InChI=1S/C23H37NO5/c1-4-5-6-7-8-9-10-11-12-13-16-24-23(26)28-18-20-14-15-21(29-19(2)25)22(17-20)27-3/h14-15,17H,4-13,16,18H2,1-3H3,(H,24,26). The molecule has 1 N–H and O–H groups in total. The fourth-order valence-electron chi connectivity index (χ4n) is 3.04. The molecule has 1 rings (SSSR count). The van der Waals surface area contributed by atoms with Crippen molar-refractivity contribution in [2.45, 2.75) is 84.7 Å². The van der Waals surface area contributed by atoms with E-state index < -0.39 is 12.1 Å². The third-order valence-corrected chi connectivity index (χ3v) is 4.65. The van der Waals surface area contributed by atoms with Crippen molar-refractivity contribution < 1.29 is 23.8 Å². The number of ether oxygens (including phenoxy) is 3. The van der Waals surface area contributed by atoms with Gasteiger partial charge < -0.3 is 19.5 Å². The molecule has 0 unspecified atom stereocenters. The molecule has 0 aliphatic carbocycles. The lowest BCUT2D eigenvalue weighted by Gasteiger charge is -2.11. The van der Waals surface area contributed by atoms with Crippen molar-refractivity contribution in [3.63, 3.8) is 0 Å². The molecule has 164 valence electrons. The first-order valence-corrected chi connectivity index (χ1v) is 10.8. The van der Waals surface area contributed by atoms with Gasteiger partial charge in [0, 0.05) is 13.5 Å². The molecule has 0 fully saturated rings. The number of rotatable bonds is 15. The molecule has 0 aliphatic heterocycles. The SMILES string of the molecule is CCCCCCCCCCCCNC(=O)OCc1ccc(OC(C)=O)c(OC)c1. The number of alkyl carbamates (subject to hydrolysis) is 1. The normalized spacial score (nSPS) is 10.4. The van der Waals surface area contributed by atoms with E-state index in [1.165, 1.54) is 65.4 Å². The predicted octanol–water partition coefficient (Wildman–Crippen LogP) is 5.77. The molecule has 29 heavy (non-hydrogen) atoms. The van der Waals surface area contributed by atoms with E-state index in [0.717, 1.165) is 18.4 Å². The number of carbonyl (C=O) groups excluding carboxylic acids is 2. The van der Waals surface area contributed by atoms with Gasteiger partial charge >= 0.3 is 12.1 Å². The summed E-state index contributed by atoms with van der Waals surface area (Å²) in [7, 11) is 1.49. The Balaban J connectivity index is 2.11. The summed E-state index contributed by atoms with van der Waals surface area (Å²) in [6.07, 6.45) is 12.2. The van der Waals surface area contributed by atoms with Gasteiger partial charge in [-0.15, -0.1) is 0 Å². The second-order valence-corrected chi connectivity index (χ2v) is 7.26. The molecule has 0 saturated carbocycles. The smallest absolute Gasteiger partial charge is 0.407 e. The number of hydrogen-bond acceptors (Lipinski definition) is 5. The van der Waals surface area contributed by atoms with Crippen molar-refractivity contribution in [3.05, 3.63) is 23.8 Å². The number of amides is 1. The van der Waals surface area contributed by atoms with Gasteiger partial charge in [0.05, 0.1) is 7.11 Å². The van der Waals surface area contributed by atoms with E-state index in [9.17, 15) is 9.59 Å². The zero-order valence-electron chi connectivity index (χ0n) is 18.3. The minimum Gasteiger partial charge on any atom is -0.493 e. The molecule has 0 bridgehead atoms. The fourth-order valence-corrected chi connectivity index (χ4v) is 3.04. The number of methoxy groups -OCH3 is 1. The van der Waals surface area contributed by atoms with Gasteiger partial charge in [0.1, 0.15) is 6.61 Å². The molecule has 6 heteroatoms. The Morgan fingerprint density at radius 1 is 0.897 bits per heavy atom. The van der Waals surface area contributed by atoms with Gasteiger partial charge in [0.2, 0.25) is 0 Å². The zero-order chi connectivity index (χ0) is 21.3. The molecule has 0 aliphatic rings. The number of hydrogen-bond donors (Lipinski definition) is 1. The molecule has 6 nitrogen and oxygen atoms in total. The van der Waals surface area contributed by atoms with Crippen LogP contribution < -0.4 is 14.8 Å². The minimum atomic E-state index is -0.427. The summed E-state index contributed by atoms with van der Waals surface area (Å²) in [5.74, 6) is 0.347. The van der Waals surface area contributed by atoms with Crippen molar-refractivity contribution in [2.24, 2.45) is 0 Å². The van der Waals surface area contributed by atoms with Crippen LogP contribution in [0.25, 0.3) is 0 Å². The molecule has 0 atom stereocenters. The van der Waals surface area contributed by atoms with Crippen LogP contribution in [0.5, 0.6) is 11.5 Å². The maximum Gasteiger partial charge on any atom is 0.407 e. The summed E-state index contributed by atoms with van der Waals surface area (Å²) < 4.78 is 15.5. The molecule has 0 spiro atoms. The van der Waals surface area contributed by atoms with Crippen molar-refractivity contribution in [3.8, 4) is 11.5 Å². The van der Waals surface area contributed by atoms with E-state index >= 15 is 0 Å². The van der Waals surface area contributed by atoms with Crippen LogP contribution in [0.4, 0.5) is 4.79 Å². The van der Waals surface area contributed by atoms with Crippen molar-refractivity contribution in [2.75, 3.05) is 13.7 Å². The molecule has 1 aromatic rings. The molecule has 1 amide bonds. The second kappa shape index (κ2) is 15.7. The van der Waals surface area contributed by atoms with E-state index in [4.69, 9.17) is 14.2 Å². The lowest BCUT2D eigenvalue weighted by molar-refractivity contribution is -0.132. The van der Waals surface area contributed by atoms with Gasteiger partial charge in [-0.1, -0.05) is 70.8 Å². The zero-order valence-corrected chi connectivity index (χ0v) is 18.3. The Kier molecular flexibility index (Phi) is 13.4. The van der Waals surface area contributed by atoms with Crippen LogP contribution in [-0.2, 0) is 16.1 Å². The Morgan fingerprint density at radius 2 is 1.52 bits per heavy atom. The Morgan fingerprint density at radius 3 is 2.10 bits per heavy atom. The maximum atomic E-state index is 11.8. The largest absolute Gasteiger partial charge is 0.493 e. The highest BCUT2D eigenvalue weighted by Crippen LogP contribution is 2.28. The van der Waals surface area contributed by atoms with E-state index in [2.05, 4.69) is 12.2 Å². The highest BCUT2D eigenvalue weighted by atomic mass is 16.6. The maximum absolute atomic E-state index is 11.8. The molecule has 0 saturated heterocycles. The quantitative estimate of drug-likeness (QED) is 0.227. The first kappa shape index (κ1) is 24.8. The monoisotopic (exact) mass is 407 g/mol. The van der Waals surface area contributed by atoms with E-state index in [0.29, 0.717) is 18.0 Å². The van der Waals surface area contributed by atoms with Crippen molar-refractivity contribution in [1.82, 2.24) is 5.32 Å².